The highest BCUT2D eigenvalue weighted by Gasteiger charge is 2.17. The van der Waals surface area contributed by atoms with Crippen LogP contribution in [0.2, 0.25) is 0 Å². The van der Waals surface area contributed by atoms with Gasteiger partial charge >= 0.3 is 11.9 Å². The van der Waals surface area contributed by atoms with Crippen LogP contribution >= 0.6 is 0 Å². The number of esters is 2. The standard InChI is InChI=1S/C21H23NO7/c1-22(12-14-7-5-6-8-18(14)26-2)19(23)13-29-17-10-15(20(24)27-3)9-16(11-17)21(25)28-4/h5-11H,12-13H2,1-4H3. The molecule has 8 heteroatoms. The summed E-state index contributed by atoms with van der Waals surface area (Å²) in [7, 11) is 5.66. The number of nitrogens with zero attached hydrogens (tertiary/aromatic N) is 1. The molecule has 0 bridgehead atoms. The van der Waals surface area contributed by atoms with E-state index in [0.717, 1.165) is 5.56 Å². The van der Waals surface area contributed by atoms with E-state index in [9.17, 15) is 14.4 Å². The van der Waals surface area contributed by atoms with Gasteiger partial charge in [-0.1, -0.05) is 18.2 Å². The second kappa shape index (κ2) is 10.1. The number of carbonyl (C=O) groups excluding carboxylic acids is 3. The molecule has 2 aromatic rings. The van der Waals surface area contributed by atoms with Crippen LogP contribution in [0.1, 0.15) is 26.3 Å². The molecule has 1 amide bonds. The predicted octanol–water partition coefficient (Wildman–Crippen LogP) is 2.31. The number of ether oxygens (including phenoxy) is 4. The average molecular weight is 401 g/mol. The Kier molecular flexibility index (Phi) is 7.59. The van der Waals surface area contributed by atoms with Gasteiger partial charge in [-0.25, -0.2) is 9.59 Å². The van der Waals surface area contributed by atoms with Crippen LogP contribution in [0.4, 0.5) is 0 Å². The van der Waals surface area contributed by atoms with E-state index in [4.69, 9.17) is 9.47 Å². The predicted molar refractivity (Wildman–Crippen MR) is 104 cm³/mol. The zero-order valence-electron chi connectivity index (χ0n) is 16.8. The van der Waals surface area contributed by atoms with Crippen molar-refractivity contribution in [3.63, 3.8) is 0 Å². The number of carbonyl (C=O) groups is 3. The van der Waals surface area contributed by atoms with Gasteiger partial charge in [0.15, 0.2) is 6.61 Å². The van der Waals surface area contributed by atoms with Gasteiger partial charge in [-0.05, 0) is 24.3 Å². The topological polar surface area (TPSA) is 91.4 Å². The lowest BCUT2D eigenvalue weighted by Crippen LogP contribution is -2.31. The summed E-state index contributed by atoms with van der Waals surface area (Å²) in [6, 6.07) is 11.5. The normalized spacial score (nSPS) is 10.1. The molecule has 0 aliphatic carbocycles. The zero-order valence-corrected chi connectivity index (χ0v) is 16.8. The van der Waals surface area contributed by atoms with Gasteiger partial charge in [-0.3, -0.25) is 4.79 Å². The number of para-hydroxylation sites is 1. The highest BCUT2D eigenvalue weighted by Crippen LogP contribution is 2.21. The smallest absolute Gasteiger partial charge is 0.338 e. The monoisotopic (exact) mass is 401 g/mol. The second-order valence-corrected chi connectivity index (χ2v) is 6.08. The van der Waals surface area contributed by atoms with E-state index in [0.29, 0.717) is 12.3 Å². The number of methoxy groups -OCH3 is 3. The number of hydrogen-bond donors (Lipinski definition) is 0. The van der Waals surface area contributed by atoms with Crippen molar-refractivity contribution in [1.29, 1.82) is 0 Å². The van der Waals surface area contributed by atoms with Crippen molar-refractivity contribution in [2.75, 3.05) is 35.0 Å². The minimum absolute atomic E-state index is 0.111. The first kappa shape index (κ1) is 21.7. The molecule has 29 heavy (non-hydrogen) atoms. The van der Waals surface area contributed by atoms with Crippen molar-refractivity contribution < 1.29 is 33.3 Å². The SMILES string of the molecule is COC(=O)c1cc(OCC(=O)N(C)Cc2ccccc2OC)cc(C(=O)OC)c1. The van der Waals surface area contributed by atoms with Crippen LogP contribution in [-0.2, 0) is 20.8 Å². The molecular formula is C21H23NO7. The van der Waals surface area contributed by atoms with Gasteiger partial charge in [0.05, 0.1) is 32.5 Å². The lowest BCUT2D eigenvalue weighted by molar-refractivity contribution is -0.132. The molecule has 0 aromatic heterocycles. The summed E-state index contributed by atoms with van der Waals surface area (Å²) in [5.41, 5.74) is 1.08. The van der Waals surface area contributed by atoms with Crippen LogP contribution in [0.15, 0.2) is 42.5 Å². The third-order valence-electron chi connectivity index (χ3n) is 4.14. The van der Waals surface area contributed by atoms with Crippen molar-refractivity contribution in [3.05, 3.63) is 59.2 Å². The maximum Gasteiger partial charge on any atom is 0.338 e. The van der Waals surface area contributed by atoms with Gasteiger partial charge in [0.1, 0.15) is 11.5 Å². The Morgan fingerprint density at radius 1 is 0.897 bits per heavy atom. The average Bonchev–Trinajstić information content (AvgIpc) is 2.76. The molecule has 0 saturated heterocycles. The minimum Gasteiger partial charge on any atom is -0.496 e. The van der Waals surface area contributed by atoms with Crippen LogP contribution in [0.25, 0.3) is 0 Å². The third-order valence-corrected chi connectivity index (χ3v) is 4.14. The Hall–Kier alpha value is -3.55. The van der Waals surface area contributed by atoms with Gasteiger partial charge < -0.3 is 23.8 Å². The largest absolute Gasteiger partial charge is 0.496 e. The van der Waals surface area contributed by atoms with E-state index in [-0.39, 0.29) is 29.4 Å². The molecule has 154 valence electrons. The summed E-state index contributed by atoms with van der Waals surface area (Å²) >= 11 is 0. The molecule has 0 aliphatic heterocycles. The Bertz CT molecular complexity index is 860. The van der Waals surface area contributed by atoms with Gasteiger partial charge in [-0.2, -0.15) is 0 Å². The molecule has 0 fully saturated rings. The van der Waals surface area contributed by atoms with Crippen LogP contribution in [-0.4, -0.2) is 57.7 Å². The first-order chi connectivity index (χ1) is 13.9. The molecule has 2 rings (SSSR count). The highest BCUT2D eigenvalue weighted by molar-refractivity contribution is 5.96. The molecule has 0 saturated carbocycles. The van der Waals surface area contributed by atoms with Crippen molar-refractivity contribution >= 4 is 17.8 Å². The second-order valence-electron chi connectivity index (χ2n) is 6.08. The van der Waals surface area contributed by atoms with Crippen molar-refractivity contribution in [2.24, 2.45) is 0 Å². The Morgan fingerprint density at radius 2 is 1.48 bits per heavy atom. The number of rotatable bonds is 8. The summed E-state index contributed by atoms with van der Waals surface area (Å²) in [4.78, 5) is 37.6. The molecule has 2 aromatic carbocycles. The molecule has 0 spiro atoms. The minimum atomic E-state index is -0.639. The van der Waals surface area contributed by atoms with Crippen LogP contribution in [0.5, 0.6) is 11.5 Å². The fourth-order valence-corrected chi connectivity index (χ4v) is 2.59. The Balaban J connectivity index is 2.10. The third kappa shape index (κ3) is 5.71. The molecule has 0 atom stereocenters. The summed E-state index contributed by atoms with van der Waals surface area (Å²) in [6.45, 7) is 0.0543. The van der Waals surface area contributed by atoms with E-state index in [2.05, 4.69) is 9.47 Å². The van der Waals surface area contributed by atoms with E-state index >= 15 is 0 Å². The lowest BCUT2D eigenvalue weighted by Gasteiger charge is -2.19. The van der Waals surface area contributed by atoms with Crippen LogP contribution < -0.4 is 9.47 Å². The van der Waals surface area contributed by atoms with Crippen LogP contribution in [0.3, 0.4) is 0 Å². The maximum atomic E-state index is 12.4. The molecule has 0 aliphatic rings. The van der Waals surface area contributed by atoms with Gasteiger partial charge in [-0.15, -0.1) is 0 Å². The molecule has 0 unspecified atom stereocenters. The van der Waals surface area contributed by atoms with Crippen molar-refractivity contribution in [3.8, 4) is 11.5 Å². The molecule has 0 N–H and O–H groups in total. The van der Waals surface area contributed by atoms with Crippen molar-refractivity contribution in [2.45, 2.75) is 6.54 Å². The number of benzene rings is 2. The molecule has 0 radical (unpaired) electrons. The summed E-state index contributed by atoms with van der Waals surface area (Å²) in [6.07, 6.45) is 0. The summed E-state index contributed by atoms with van der Waals surface area (Å²) < 4.78 is 20.2. The lowest BCUT2D eigenvalue weighted by atomic mass is 10.1. The Morgan fingerprint density at radius 3 is 2.03 bits per heavy atom. The molecular weight excluding hydrogens is 378 g/mol. The number of likely N-dealkylation sites (N-methyl/N-ethyl adjacent to an activating group) is 1. The van der Waals surface area contributed by atoms with E-state index < -0.39 is 11.9 Å². The maximum absolute atomic E-state index is 12.4. The fraction of sp³-hybridized carbons (Fsp3) is 0.286. The first-order valence-corrected chi connectivity index (χ1v) is 8.70. The zero-order chi connectivity index (χ0) is 21.4. The summed E-state index contributed by atoms with van der Waals surface area (Å²) in [5.74, 6) is -0.714. The van der Waals surface area contributed by atoms with Gasteiger partial charge in [0.2, 0.25) is 0 Å². The van der Waals surface area contributed by atoms with Gasteiger partial charge in [0, 0.05) is 19.2 Å². The van der Waals surface area contributed by atoms with Gasteiger partial charge in [0.25, 0.3) is 5.91 Å². The Labute approximate surface area is 168 Å². The molecule has 8 nitrogen and oxygen atoms in total. The van der Waals surface area contributed by atoms with E-state index in [1.165, 1.54) is 37.3 Å². The summed E-state index contributed by atoms with van der Waals surface area (Å²) in [5, 5.41) is 0. The first-order valence-electron chi connectivity index (χ1n) is 8.70. The number of amides is 1. The van der Waals surface area contributed by atoms with Crippen molar-refractivity contribution in [1.82, 2.24) is 4.90 Å². The fourth-order valence-electron chi connectivity index (χ4n) is 2.59. The number of hydrogen-bond acceptors (Lipinski definition) is 7. The van der Waals surface area contributed by atoms with E-state index in [1.54, 1.807) is 14.2 Å². The molecule has 0 heterocycles. The quantitative estimate of drug-likeness (QED) is 0.627. The van der Waals surface area contributed by atoms with Crippen LogP contribution in [0, 0.1) is 0 Å². The van der Waals surface area contributed by atoms with E-state index in [1.807, 2.05) is 24.3 Å². The highest BCUT2D eigenvalue weighted by atomic mass is 16.5.